The molecule has 0 unspecified atom stereocenters. The first kappa shape index (κ1) is 15.8. The van der Waals surface area contributed by atoms with Gasteiger partial charge in [0.05, 0.1) is 17.6 Å². The molecule has 1 saturated heterocycles. The summed E-state index contributed by atoms with van der Waals surface area (Å²) in [5, 5.41) is 6.80. The molecule has 118 valence electrons. The largest absolute Gasteiger partial charge is 0.395 e. The van der Waals surface area contributed by atoms with Gasteiger partial charge in [0.15, 0.2) is 5.69 Å². The summed E-state index contributed by atoms with van der Waals surface area (Å²) < 4.78 is 24.3. The highest BCUT2D eigenvalue weighted by Gasteiger charge is 2.29. The number of sulfonamides is 1. The van der Waals surface area contributed by atoms with Crippen molar-refractivity contribution in [1.29, 1.82) is 0 Å². The first-order valence-corrected chi connectivity index (χ1v) is 8.76. The number of nitrogens with one attached hydrogen (secondary N) is 1. The van der Waals surface area contributed by atoms with Gasteiger partial charge in [-0.2, -0.15) is 9.40 Å². The zero-order valence-electron chi connectivity index (χ0n) is 12.3. The van der Waals surface area contributed by atoms with Crippen LogP contribution in [-0.2, 0) is 16.4 Å². The molecule has 0 radical (unpaired) electrons. The Bertz CT molecular complexity index is 617. The van der Waals surface area contributed by atoms with Crippen LogP contribution in [0.4, 0.5) is 5.69 Å². The summed E-state index contributed by atoms with van der Waals surface area (Å²) in [6, 6.07) is 0. The first-order valence-electron chi connectivity index (χ1n) is 6.91. The normalized spacial score (nSPS) is 17.1. The Balaban J connectivity index is 2.05. The fourth-order valence-corrected chi connectivity index (χ4v) is 3.19. The van der Waals surface area contributed by atoms with E-state index < -0.39 is 10.0 Å². The van der Waals surface area contributed by atoms with E-state index in [1.165, 1.54) is 10.6 Å². The summed E-state index contributed by atoms with van der Waals surface area (Å²) in [6.07, 6.45) is 2.83. The van der Waals surface area contributed by atoms with Gasteiger partial charge in [-0.25, -0.2) is 8.42 Å². The van der Waals surface area contributed by atoms with Crippen LogP contribution in [0.3, 0.4) is 0 Å². The number of aromatic amines is 1. The molecule has 1 fully saturated rings. The van der Waals surface area contributed by atoms with Gasteiger partial charge in [-0.3, -0.25) is 9.89 Å². The Labute approximate surface area is 124 Å². The maximum Gasteiger partial charge on any atom is 0.276 e. The number of nitrogens with two attached hydrogens (primary N) is 1. The van der Waals surface area contributed by atoms with Crippen molar-refractivity contribution in [3.63, 3.8) is 0 Å². The predicted molar refractivity (Wildman–Crippen MR) is 79.3 cm³/mol. The van der Waals surface area contributed by atoms with Gasteiger partial charge in [-0.1, -0.05) is 13.3 Å². The molecular weight excluding hydrogens is 294 g/mol. The molecule has 21 heavy (non-hydrogen) atoms. The molecular formula is C12H21N5O3S. The molecule has 0 atom stereocenters. The highest BCUT2D eigenvalue weighted by atomic mass is 32.2. The molecule has 9 heteroatoms. The van der Waals surface area contributed by atoms with Gasteiger partial charge < -0.3 is 10.6 Å². The quantitative estimate of drug-likeness (QED) is 0.789. The maximum atomic E-state index is 12.4. The standard InChI is InChI=1S/C12H21N5O3S/c1-3-4-9-10(13)11(15-14-9)12(18)16-5-7-17(8-6-16)21(2,19)20/h3-8,13H2,1-2H3,(H,14,15). The van der Waals surface area contributed by atoms with Gasteiger partial charge in [0.25, 0.3) is 5.91 Å². The van der Waals surface area contributed by atoms with Crippen molar-refractivity contribution in [3.8, 4) is 0 Å². The molecule has 1 aromatic heterocycles. The van der Waals surface area contributed by atoms with Crippen molar-refractivity contribution < 1.29 is 13.2 Å². The van der Waals surface area contributed by atoms with Crippen LogP contribution in [0.25, 0.3) is 0 Å². The lowest BCUT2D eigenvalue weighted by atomic mass is 10.2. The minimum atomic E-state index is -3.20. The van der Waals surface area contributed by atoms with Crippen LogP contribution in [0.5, 0.6) is 0 Å². The van der Waals surface area contributed by atoms with Crippen LogP contribution in [0.2, 0.25) is 0 Å². The minimum absolute atomic E-state index is 0.228. The number of carbonyl (C=O) groups excluding carboxylic acids is 1. The SMILES string of the molecule is CCCc1[nH]nc(C(=O)N2CCN(S(C)(=O)=O)CC2)c1N. The van der Waals surface area contributed by atoms with Crippen molar-refractivity contribution >= 4 is 21.6 Å². The van der Waals surface area contributed by atoms with Gasteiger partial charge in [-0.05, 0) is 6.42 Å². The molecule has 0 saturated carbocycles. The van der Waals surface area contributed by atoms with E-state index in [0.717, 1.165) is 18.5 Å². The van der Waals surface area contributed by atoms with Crippen molar-refractivity contribution in [1.82, 2.24) is 19.4 Å². The molecule has 1 aliphatic rings. The third kappa shape index (κ3) is 3.35. The molecule has 0 spiro atoms. The van der Waals surface area contributed by atoms with E-state index in [-0.39, 0.29) is 11.6 Å². The fraction of sp³-hybridized carbons (Fsp3) is 0.667. The Kier molecular flexibility index (Phi) is 4.52. The summed E-state index contributed by atoms with van der Waals surface area (Å²) in [4.78, 5) is 14.0. The van der Waals surface area contributed by atoms with Gasteiger partial charge in [-0.15, -0.1) is 0 Å². The lowest BCUT2D eigenvalue weighted by molar-refractivity contribution is 0.0693. The van der Waals surface area contributed by atoms with Crippen molar-refractivity contribution in [2.75, 3.05) is 38.2 Å². The number of rotatable bonds is 4. The second kappa shape index (κ2) is 6.02. The van der Waals surface area contributed by atoms with Crippen LogP contribution in [0.1, 0.15) is 29.5 Å². The Morgan fingerprint density at radius 2 is 1.95 bits per heavy atom. The zero-order chi connectivity index (χ0) is 15.6. The molecule has 3 N–H and O–H groups in total. The molecule has 0 aliphatic carbocycles. The number of hydrogen-bond acceptors (Lipinski definition) is 5. The Morgan fingerprint density at radius 1 is 1.33 bits per heavy atom. The van der Waals surface area contributed by atoms with E-state index >= 15 is 0 Å². The molecule has 1 aliphatic heterocycles. The second-order valence-corrected chi connectivity index (χ2v) is 7.15. The van der Waals surface area contributed by atoms with Gasteiger partial charge in [0.1, 0.15) is 0 Å². The van der Waals surface area contributed by atoms with E-state index in [4.69, 9.17) is 5.73 Å². The number of aromatic nitrogens is 2. The topological polar surface area (TPSA) is 112 Å². The number of amides is 1. The number of piperazine rings is 1. The van der Waals surface area contributed by atoms with Crippen LogP contribution in [0, 0.1) is 0 Å². The molecule has 0 bridgehead atoms. The van der Waals surface area contributed by atoms with E-state index in [9.17, 15) is 13.2 Å². The van der Waals surface area contributed by atoms with Gasteiger partial charge in [0, 0.05) is 26.2 Å². The molecule has 1 aromatic rings. The second-order valence-electron chi connectivity index (χ2n) is 5.17. The van der Waals surface area contributed by atoms with E-state index in [2.05, 4.69) is 10.2 Å². The molecule has 2 rings (SSSR count). The van der Waals surface area contributed by atoms with Crippen molar-refractivity contribution in [2.24, 2.45) is 0 Å². The number of carbonyl (C=O) groups is 1. The number of nitrogen functional groups attached to an aromatic ring is 1. The van der Waals surface area contributed by atoms with E-state index in [0.29, 0.717) is 31.9 Å². The number of H-pyrrole nitrogens is 1. The van der Waals surface area contributed by atoms with Crippen molar-refractivity contribution in [3.05, 3.63) is 11.4 Å². The fourth-order valence-electron chi connectivity index (χ4n) is 2.36. The van der Waals surface area contributed by atoms with Gasteiger partial charge in [0.2, 0.25) is 10.0 Å². The Hall–Kier alpha value is -1.61. The summed E-state index contributed by atoms with van der Waals surface area (Å²) in [5.41, 5.74) is 7.34. The summed E-state index contributed by atoms with van der Waals surface area (Å²) >= 11 is 0. The monoisotopic (exact) mass is 315 g/mol. The zero-order valence-corrected chi connectivity index (χ0v) is 13.1. The van der Waals surface area contributed by atoms with Crippen LogP contribution < -0.4 is 5.73 Å². The third-order valence-corrected chi connectivity index (χ3v) is 4.88. The number of hydrogen-bond donors (Lipinski definition) is 2. The summed E-state index contributed by atoms with van der Waals surface area (Å²) in [5.74, 6) is -0.251. The first-order chi connectivity index (χ1) is 9.84. The Morgan fingerprint density at radius 3 is 2.48 bits per heavy atom. The van der Waals surface area contributed by atoms with Crippen molar-refractivity contribution in [2.45, 2.75) is 19.8 Å². The van der Waals surface area contributed by atoms with Crippen LogP contribution in [-0.4, -0.2) is 66.2 Å². The van der Waals surface area contributed by atoms with Crippen LogP contribution >= 0.6 is 0 Å². The van der Waals surface area contributed by atoms with Gasteiger partial charge >= 0.3 is 0 Å². The predicted octanol–water partition coefficient (Wildman–Crippen LogP) is -0.338. The smallest absolute Gasteiger partial charge is 0.276 e. The lowest BCUT2D eigenvalue weighted by Crippen LogP contribution is -2.50. The number of anilines is 1. The molecule has 2 heterocycles. The lowest BCUT2D eigenvalue weighted by Gasteiger charge is -2.32. The maximum absolute atomic E-state index is 12.4. The molecule has 8 nitrogen and oxygen atoms in total. The van der Waals surface area contributed by atoms with Crippen LogP contribution in [0.15, 0.2) is 0 Å². The average Bonchev–Trinajstić information content (AvgIpc) is 2.79. The third-order valence-electron chi connectivity index (χ3n) is 3.58. The minimum Gasteiger partial charge on any atom is -0.395 e. The highest BCUT2D eigenvalue weighted by molar-refractivity contribution is 7.88. The molecule has 0 aromatic carbocycles. The highest BCUT2D eigenvalue weighted by Crippen LogP contribution is 2.18. The number of aryl methyl sites for hydroxylation is 1. The summed E-state index contributed by atoms with van der Waals surface area (Å²) in [7, 11) is -3.20. The summed E-state index contributed by atoms with van der Waals surface area (Å²) in [6.45, 7) is 3.32. The molecule has 1 amide bonds. The average molecular weight is 315 g/mol. The van der Waals surface area contributed by atoms with E-state index in [1.54, 1.807) is 4.90 Å². The number of nitrogens with zero attached hydrogens (tertiary/aromatic N) is 3. The van der Waals surface area contributed by atoms with E-state index in [1.807, 2.05) is 6.92 Å².